The lowest BCUT2D eigenvalue weighted by molar-refractivity contribution is 0.0282. The monoisotopic (exact) mass is 292 g/mol. The third kappa shape index (κ3) is 4.67. The van der Waals surface area contributed by atoms with Gasteiger partial charge in [0.15, 0.2) is 0 Å². The molecule has 1 amide bonds. The zero-order valence-corrected chi connectivity index (χ0v) is 13.2. The van der Waals surface area contributed by atoms with Crippen LogP contribution in [0.1, 0.15) is 32.9 Å². The molecule has 6 nitrogen and oxygen atoms in total. The van der Waals surface area contributed by atoms with Crippen LogP contribution in [0.5, 0.6) is 0 Å². The molecule has 0 unspecified atom stereocenters. The minimum atomic E-state index is -0.444. The topological polar surface area (TPSA) is 58.6 Å². The molecule has 0 bridgehead atoms. The maximum Gasteiger partial charge on any atom is 0.410 e. The quantitative estimate of drug-likeness (QED) is 0.852. The smallest absolute Gasteiger partial charge is 0.410 e. The number of aromatic nitrogens is 2. The van der Waals surface area contributed by atoms with Crippen LogP contribution in [0.4, 0.5) is 4.79 Å². The van der Waals surface area contributed by atoms with Gasteiger partial charge in [-0.2, -0.15) is 0 Å². The van der Waals surface area contributed by atoms with Crippen molar-refractivity contribution in [3.63, 3.8) is 0 Å². The van der Waals surface area contributed by atoms with Crippen molar-refractivity contribution >= 4 is 6.09 Å². The highest BCUT2D eigenvalue weighted by Crippen LogP contribution is 2.19. The molecule has 2 rings (SSSR count). The predicted molar refractivity (Wildman–Crippen MR) is 79.7 cm³/mol. The Labute approximate surface area is 126 Å². The van der Waals surface area contributed by atoms with Gasteiger partial charge in [-0.05, 0) is 34.2 Å². The lowest BCUT2D eigenvalue weighted by Crippen LogP contribution is -2.38. The average Bonchev–Trinajstić information content (AvgIpc) is 2.87. The summed E-state index contributed by atoms with van der Waals surface area (Å²) >= 11 is 0. The van der Waals surface area contributed by atoms with Gasteiger partial charge >= 0.3 is 6.09 Å². The van der Waals surface area contributed by atoms with Crippen LogP contribution in [0.3, 0.4) is 0 Å². The van der Waals surface area contributed by atoms with Crippen molar-refractivity contribution in [2.24, 2.45) is 0 Å². The molecule has 116 valence electrons. The van der Waals surface area contributed by atoms with Gasteiger partial charge in [-0.25, -0.2) is 4.79 Å². The highest BCUT2D eigenvalue weighted by molar-refractivity contribution is 5.68. The lowest BCUT2D eigenvalue weighted by atomic mass is 10.2. The van der Waals surface area contributed by atoms with Gasteiger partial charge in [-0.3, -0.25) is 14.9 Å². The fourth-order valence-electron chi connectivity index (χ4n) is 2.39. The molecule has 0 aliphatic carbocycles. The summed E-state index contributed by atoms with van der Waals surface area (Å²) in [6.07, 6.45) is 5.87. The van der Waals surface area contributed by atoms with Crippen molar-refractivity contribution in [1.29, 1.82) is 0 Å². The minimum absolute atomic E-state index is 0.224. The summed E-state index contributed by atoms with van der Waals surface area (Å²) in [5, 5.41) is 0. The van der Waals surface area contributed by atoms with Crippen molar-refractivity contribution in [2.45, 2.75) is 45.4 Å². The fraction of sp³-hybridized carbons (Fsp3) is 0.667. The van der Waals surface area contributed by atoms with E-state index in [0.717, 1.165) is 25.2 Å². The molecule has 0 N–H and O–H groups in total. The summed E-state index contributed by atoms with van der Waals surface area (Å²) < 4.78 is 5.41. The number of carbonyl (C=O) groups excluding carboxylic acids is 1. The Morgan fingerprint density at radius 3 is 2.86 bits per heavy atom. The fourth-order valence-corrected chi connectivity index (χ4v) is 2.39. The lowest BCUT2D eigenvalue weighted by Gasteiger charge is -2.26. The number of hydrogen-bond acceptors (Lipinski definition) is 5. The minimum Gasteiger partial charge on any atom is -0.444 e. The zero-order chi connectivity index (χ0) is 15.5. The summed E-state index contributed by atoms with van der Waals surface area (Å²) in [6.45, 7) is 7.84. The third-order valence-electron chi connectivity index (χ3n) is 3.47. The van der Waals surface area contributed by atoms with Gasteiger partial charge in [0.2, 0.25) is 0 Å². The van der Waals surface area contributed by atoms with E-state index in [1.54, 1.807) is 23.5 Å². The Bertz CT molecular complexity index is 472. The van der Waals surface area contributed by atoms with Crippen LogP contribution in [0, 0.1) is 0 Å². The van der Waals surface area contributed by atoms with Crippen LogP contribution in [-0.2, 0) is 11.3 Å². The number of likely N-dealkylation sites (N-methyl/N-ethyl adjacent to an activating group) is 1. The Morgan fingerprint density at radius 1 is 1.48 bits per heavy atom. The van der Waals surface area contributed by atoms with Crippen LogP contribution in [0.15, 0.2) is 18.6 Å². The second-order valence-corrected chi connectivity index (χ2v) is 6.48. The molecule has 0 radical (unpaired) electrons. The highest BCUT2D eigenvalue weighted by Gasteiger charge is 2.31. The number of hydrogen-bond donors (Lipinski definition) is 0. The molecule has 1 atom stereocenters. The summed E-state index contributed by atoms with van der Waals surface area (Å²) in [4.78, 5) is 24.4. The standard InChI is InChI=1S/C15H24N4O2/c1-15(2,3)21-14(20)19-8-5-13(11-19)18(4)10-12-9-16-6-7-17-12/h6-7,9,13H,5,8,10-11H2,1-4H3/t13-/m0/s1. The normalized spacial score (nSPS) is 19.1. The predicted octanol–water partition coefficient (Wildman–Crippen LogP) is 1.92. The molecule has 1 aromatic rings. The van der Waals surface area contributed by atoms with E-state index in [-0.39, 0.29) is 6.09 Å². The largest absolute Gasteiger partial charge is 0.444 e. The van der Waals surface area contributed by atoms with Crippen molar-refractivity contribution in [3.05, 3.63) is 24.3 Å². The first-order chi connectivity index (χ1) is 9.85. The SMILES string of the molecule is CN(Cc1cnccn1)[C@H]1CCN(C(=O)OC(C)(C)C)C1. The number of ether oxygens (including phenoxy) is 1. The third-order valence-corrected chi connectivity index (χ3v) is 3.47. The van der Waals surface area contributed by atoms with Crippen LogP contribution >= 0.6 is 0 Å². The molecule has 0 spiro atoms. The van der Waals surface area contributed by atoms with Gasteiger partial charge in [0.1, 0.15) is 5.60 Å². The van der Waals surface area contributed by atoms with Crippen LogP contribution in [-0.4, -0.2) is 57.6 Å². The molecule has 1 saturated heterocycles. The summed E-state index contributed by atoms with van der Waals surface area (Å²) in [6, 6.07) is 0.333. The van der Waals surface area contributed by atoms with E-state index < -0.39 is 5.60 Å². The number of carbonyl (C=O) groups is 1. The van der Waals surface area contributed by atoms with E-state index in [1.807, 2.05) is 20.8 Å². The number of rotatable bonds is 3. The maximum absolute atomic E-state index is 12.1. The first-order valence-electron chi connectivity index (χ1n) is 7.28. The summed E-state index contributed by atoms with van der Waals surface area (Å²) in [5.74, 6) is 0. The Balaban J connectivity index is 1.86. The van der Waals surface area contributed by atoms with E-state index in [4.69, 9.17) is 4.74 Å². The zero-order valence-electron chi connectivity index (χ0n) is 13.2. The summed E-state index contributed by atoms with van der Waals surface area (Å²) in [7, 11) is 2.05. The average molecular weight is 292 g/mol. The van der Waals surface area contributed by atoms with E-state index in [1.165, 1.54) is 0 Å². The Hall–Kier alpha value is -1.69. The highest BCUT2D eigenvalue weighted by atomic mass is 16.6. The van der Waals surface area contributed by atoms with E-state index in [2.05, 4.69) is 21.9 Å². The maximum atomic E-state index is 12.1. The van der Waals surface area contributed by atoms with Gasteiger partial charge < -0.3 is 9.64 Å². The molecule has 21 heavy (non-hydrogen) atoms. The van der Waals surface area contributed by atoms with E-state index in [9.17, 15) is 4.79 Å². The van der Waals surface area contributed by atoms with Crippen molar-refractivity contribution in [2.75, 3.05) is 20.1 Å². The number of likely N-dealkylation sites (tertiary alicyclic amines) is 1. The van der Waals surface area contributed by atoms with Gasteiger partial charge in [0.25, 0.3) is 0 Å². The second kappa shape index (κ2) is 6.39. The molecular weight excluding hydrogens is 268 g/mol. The van der Waals surface area contributed by atoms with Gasteiger partial charge in [0, 0.05) is 44.3 Å². The number of nitrogens with zero attached hydrogens (tertiary/aromatic N) is 4. The summed E-state index contributed by atoms with van der Waals surface area (Å²) in [5.41, 5.74) is 0.497. The Kier molecular flexibility index (Phi) is 4.77. The van der Waals surface area contributed by atoms with Crippen LogP contribution < -0.4 is 0 Å². The molecule has 0 saturated carbocycles. The molecule has 1 fully saturated rings. The van der Waals surface area contributed by atoms with Crippen molar-refractivity contribution in [1.82, 2.24) is 19.8 Å². The molecule has 0 aromatic carbocycles. The van der Waals surface area contributed by atoms with Gasteiger partial charge in [-0.1, -0.05) is 0 Å². The molecule has 1 aliphatic heterocycles. The van der Waals surface area contributed by atoms with Gasteiger partial charge in [-0.15, -0.1) is 0 Å². The molecule has 1 aromatic heterocycles. The number of amides is 1. The molecular formula is C15H24N4O2. The van der Waals surface area contributed by atoms with E-state index in [0.29, 0.717) is 12.6 Å². The van der Waals surface area contributed by atoms with E-state index >= 15 is 0 Å². The molecule has 1 aliphatic rings. The van der Waals surface area contributed by atoms with Crippen molar-refractivity contribution in [3.8, 4) is 0 Å². The first kappa shape index (κ1) is 15.7. The molecule has 2 heterocycles. The van der Waals surface area contributed by atoms with Gasteiger partial charge in [0.05, 0.1) is 5.69 Å². The van der Waals surface area contributed by atoms with Crippen molar-refractivity contribution < 1.29 is 9.53 Å². The van der Waals surface area contributed by atoms with Crippen LogP contribution in [0.2, 0.25) is 0 Å². The Morgan fingerprint density at radius 2 is 2.24 bits per heavy atom. The van der Waals surface area contributed by atoms with Crippen LogP contribution in [0.25, 0.3) is 0 Å². The first-order valence-corrected chi connectivity index (χ1v) is 7.28. The molecule has 6 heteroatoms. The second-order valence-electron chi connectivity index (χ2n) is 6.48.